The lowest BCUT2D eigenvalue weighted by atomic mass is 10.1. The largest absolute Gasteiger partial charge is 0.505 e. The summed E-state index contributed by atoms with van der Waals surface area (Å²) >= 11 is 0. The molecule has 5 heteroatoms. The number of benzene rings is 2. The van der Waals surface area contributed by atoms with Crippen LogP contribution < -0.4 is 5.32 Å². The van der Waals surface area contributed by atoms with Gasteiger partial charge in [-0.15, -0.1) is 0 Å². The minimum absolute atomic E-state index is 0.118. The van der Waals surface area contributed by atoms with E-state index in [4.69, 9.17) is 0 Å². The number of carbonyl (C=O) groups is 1. The quantitative estimate of drug-likeness (QED) is 0.591. The van der Waals surface area contributed by atoms with Gasteiger partial charge in [0.2, 0.25) is 0 Å². The molecule has 2 N–H and O–H groups in total. The number of hydrogen-bond donors (Lipinski definition) is 2. The summed E-state index contributed by atoms with van der Waals surface area (Å²) in [6.45, 7) is 0. The number of hydrogen-bond acceptors (Lipinski definition) is 4. The van der Waals surface area contributed by atoms with Gasteiger partial charge in [-0.05, 0) is 24.3 Å². The topological polar surface area (TPSA) is 75.1 Å². The van der Waals surface area contributed by atoms with Crippen LogP contribution in [0.15, 0.2) is 67.1 Å². The monoisotopic (exact) mass is 315 g/mol. The Morgan fingerprint density at radius 2 is 1.83 bits per heavy atom. The number of rotatable bonds is 2. The van der Waals surface area contributed by atoms with E-state index in [1.54, 1.807) is 36.8 Å². The van der Waals surface area contributed by atoms with Crippen molar-refractivity contribution in [3.05, 3.63) is 72.7 Å². The van der Waals surface area contributed by atoms with Crippen LogP contribution in [0, 0.1) is 0 Å². The molecule has 2 heterocycles. The van der Waals surface area contributed by atoms with Crippen molar-refractivity contribution in [2.75, 3.05) is 5.32 Å². The van der Waals surface area contributed by atoms with Gasteiger partial charge in [-0.2, -0.15) is 0 Å². The number of amides is 1. The van der Waals surface area contributed by atoms with Gasteiger partial charge in [-0.3, -0.25) is 14.8 Å². The maximum atomic E-state index is 12.6. The van der Waals surface area contributed by atoms with Gasteiger partial charge in [0.25, 0.3) is 5.91 Å². The van der Waals surface area contributed by atoms with Crippen LogP contribution in [0.4, 0.5) is 5.69 Å². The predicted molar refractivity (Wildman–Crippen MR) is 93.1 cm³/mol. The van der Waals surface area contributed by atoms with Crippen molar-refractivity contribution >= 4 is 33.3 Å². The number of pyridine rings is 2. The molecule has 0 unspecified atom stereocenters. The average Bonchev–Trinajstić information content (AvgIpc) is 2.62. The molecule has 0 radical (unpaired) electrons. The molecule has 2 aromatic heterocycles. The van der Waals surface area contributed by atoms with E-state index in [-0.39, 0.29) is 17.2 Å². The summed E-state index contributed by atoms with van der Waals surface area (Å²) in [5, 5.41) is 15.8. The van der Waals surface area contributed by atoms with E-state index < -0.39 is 0 Å². The van der Waals surface area contributed by atoms with E-state index in [9.17, 15) is 9.90 Å². The van der Waals surface area contributed by atoms with Crippen LogP contribution in [0.25, 0.3) is 21.7 Å². The Balaban J connectivity index is 1.75. The van der Waals surface area contributed by atoms with Crippen LogP contribution in [0.3, 0.4) is 0 Å². The van der Waals surface area contributed by atoms with Gasteiger partial charge < -0.3 is 10.4 Å². The zero-order chi connectivity index (χ0) is 16.5. The second-order valence-corrected chi connectivity index (χ2v) is 5.39. The SMILES string of the molecule is O=C(Nc1cccc2cnccc12)c1ccc2cccnc2c1O. The second kappa shape index (κ2) is 5.62. The second-order valence-electron chi connectivity index (χ2n) is 5.39. The Hall–Kier alpha value is -3.47. The number of anilines is 1. The maximum absolute atomic E-state index is 12.6. The summed E-state index contributed by atoms with van der Waals surface area (Å²) in [6.07, 6.45) is 5.00. The molecule has 0 bridgehead atoms. The summed E-state index contributed by atoms with van der Waals surface area (Å²) < 4.78 is 0. The van der Waals surface area contributed by atoms with Crippen molar-refractivity contribution < 1.29 is 9.90 Å². The van der Waals surface area contributed by atoms with Gasteiger partial charge >= 0.3 is 0 Å². The first-order valence-corrected chi connectivity index (χ1v) is 7.45. The molecule has 4 rings (SSSR count). The predicted octanol–water partition coefficient (Wildman–Crippen LogP) is 3.74. The number of phenolic OH excluding ortho intramolecular Hbond substituents is 1. The minimum atomic E-state index is -0.385. The van der Waals surface area contributed by atoms with Crippen molar-refractivity contribution in [2.45, 2.75) is 0 Å². The third-order valence-corrected chi connectivity index (χ3v) is 3.92. The molecule has 2 aromatic carbocycles. The molecule has 0 aliphatic rings. The summed E-state index contributed by atoms with van der Waals surface area (Å²) in [4.78, 5) is 20.8. The van der Waals surface area contributed by atoms with E-state index in [0.717, 1.165) is 16.2 Å². The lowest BCUT2D eigenvalue weighted by Crippen LogP contribution is -2.12. The molecular weight excluding hydrogens is 302 g/mol. The van der Waals surface area contributed by atoms with Crippen molar-refractivity contribution in [3.63, 3.8) is 0 Å². The molecule has 0 saturated heterocycles. The first-order chi connectivity index (χ1) is 11.7. The van der Waals surface area contributed by atoms with Crippen LogP contribution in [-0.4, -0.2) is 21.0 Å². The number of carbonyl (C=O) groups excluding carboxylic acids is 1. The zero-order valence-electron chi connectivity index (χ0n) is 12.6. The average molecular weight is 315 g/mol. The van der Waals surface area contributed by atoms with Gasteiger partial charge in [0, 0.05) is 40.4 Å². The molecule has 1 amide bonds. The highest BCUT2D eigenvalue weighted by Crippen LogP contribution is 2.28. The Bertz CT molecular complexity index is 1070. The van der Waals surface area contributed by atoms with Gasteiger partial charge in [0.05, 0.1) is 5.56 Å². The smallest absolute Gasteiger partial charge is 0.259 e. The third-order valence-electron chi connectivity index (χ3n) is 3.92. The molecule has 0 saturated carbocycles. The molecule has 4 aromatic rings. The number of aromatic hydroxyl groups is 1. The van der Waals surface area contributed by atoms with Crippen LogP contribution >= 0.6 is 0 Å². The fourth-order valence-electron chi connectivity index (χ4n) is 2.73. The number of phenols is 1. The lowest BCUT2D eigenvalue weighted by Gasteiger charge is -2.10. The van der Waals surface area contributed by atoms with E-state index in [0.29, 0.717) is 11.2 Å². The summed E-state index contributed by atoms with van der Waals surface area (Å²) in [5.41, 5.74) is 1.26. The summed E-state index contributed by atoms with van der Waals surface area (Å²) in [6, 6.07) is 14.4. The van der Waals surface area contributed by atoms with Crippen molar-refractivity contribution in [2.24, 2.45) is 0 Å². The molecule has 5 nitrogen and oxygen atoms in total. The van der Waals surface area contributed by atoms with Gasteiger partial charge in [-0.1, -0.05) is 24.3 Å². The van der Waals surface area contributed by atoms with Crippen LogP contribution in [-0.2, 0) is 0 Å². The van der Waals surface area contributed by atoms with E-state index in [1.807, 2.05) is 30.3 Å². The molecule has 24 heavy (non-hydrogen) atoms. The molecule has 0 spiro atoms. The fraction of sp³-hybridized carbons (Fsp3) is 0. The third kappa shape index (κ3) is 2.32. The van der Waals surface area contributed by atoms with Crippen molar-refractivity contribution in [1.29, 1.82) is 0 Å². The molecular formula is C19H13N3O2. The Labute approximate surface area is 137 Å². The molecule has 0 atom stereocenters. The zero-order valence-corrected chi connectivity index (χ0v) is 12.6. The molecule has 116 valence electrons. The van der Waals surface area contributed by atoms with E-state index >= 15 is 0 Å². The highest BCUT2D eigenvalue weighted by Gasteiger charge is 2.15. The number of nitrogens with zero attached hydrogens (tertiary/aromatic N) is 2. The van der Waals surface area contributed by atoms with Crippen LogP contribution in [0.1, 0.15) is 10.4 Å². The van der Waals surface area contributed by atoms with Crippen molar-refractivity contribution in [1.82, 2.24) is 9.97 Å². The maximum Gasteiger partial charge on any atom is 0.259 e. The molecule has 0 fully saturated rings. The Kier molecular flexibility index (Phi) is 3.31. The summed E-state index contributed by atoms with van der Waals surface area (Å²) in [7, 11) is 0. The van der Waals surface area contributed by atoms with E-state index in [2.05, 4.69) is 15.3 Å². The molecule has 0 aliphatic heterocycles. The van der Waals surface area contributed by atoms with Crippen molar-refractivity contribution in [3.8, 4) is 5.75 Å². The normalized spacial score (nSPS) is 10.8. The van der Waals surface area contributed by atoms with E-state index in [1.165, 1.54) is 0 Å². The minimum Gasteiger partial charge on any atom is -0.505 e. The van der Waals surface area contributed by atoms with Gasteiger partial charge in [0.15, 0.2) is 5.75 Å². The fourth-order valence-corrected chi connectivity index (χ4v) is 2.73. The lowest BCUT2D eigenvalue weighted by molar-refractivity contribution is 0.102. The highest BCUT2D eigenvalue weighted by atomic mass is 16.3. The summed E-state index contributed by atoms with van der Waals surface area (Å²) in [5.74, 6) is -0.503. The Morgan fingerprint density at radius 3 is 2.75 bits per heavy atom. The number of nitrogens with one attached hydrogen (secondary N) is 1. The standard InChI is InChI=1S/C19H13N3O2/c23-18-15(7-6-12-4-2-9-21-17(12)18)19(24)22-16-5-1-3-13-11-20-10-8-14(13)16/h1-11,23H,(H,22,24). The number of aromatic nitrogens is 2. The first-order valence-electron chi connectivity index (χ1n) is 7.45. The van der Waals surface area contributed by atoms with Gasteiger partial charge in [0.1, 0.15) is 5.52 Å². The van der Waals surface area contributed by atoms with Crippen LogP contribution in [0.2, 0.25) is 0 Å². The first kappa shape index (κ1) is 14.1. The van der Waals surface area contributed by atoms with Gasteiger partial charge in [-0.25, -0.2) is 0 Å². The van der Waals surface area contributed by atoms with Crippen LogP contribution in [0.5, 0.6) is 5.75 Å². The number of fused-ring (bicyclic) bond motifs is 2. The highest BCUT2D eigenvalue weighted by molar-refractivity contribution is 6.12. The molecule has 0 aliphatic carbocycles. The Morgan fingerprint density at radius 1 is 0.958 bits per heavy atom.